The minimum absolute atomic E-state index is 0. The molecule has 0 saturated heterocycles. The SMILES string of the molecule is O=C1C[C-]=C(O)C1=O.[U]. The van der Waals surface area contributed by atoms with Gasteiger partial charge in [0.25, 0.3) is 0 Å². The van der Waals surface area contributed by atoms with Crippen molar-refractivity contribution in [2.24, 2.45) is 0 Å². The molecule has 1 N–H and O–H groups in total. The zero-order chi connectivity index (χ0) is 6.15. The Hall–Kier alpha value is -0.0681. The van der Waals surface area contributed by atoms with E-state index in [4.69, 9.17) is 5.11 Å². The van der Waals surface area contributed by atoms with E-state index in [1.165, 1.54) is 0 Å². The molecule has 0 unspecified atom stereocenters. The van der Waals surface area contributed by atoms with E-state index >= 15 is 0 Å². The van der Waals surface area contributed by atoms with Crippen LogP contribution in [0.1, 0.15) is 6.42 Å². The Morgan fingerprint density at radius 2 is 2.00 bits per heavy atom. The van der Waals surface area contributed by atoms with E-state index < -0.39 is 17.3 Å². The van der Waals surface area contributed by atoms with Gasteiger partial charge in [-0.15, -0.1) is 0 Å². The van der Waals surface area contributed by atoms with E-state index in [0.29, 0.717) is 0 Å². The number of hydrogen-bond acceptors (Lipinski definition) is 3. The number of rotatable bonds is 0. The van der Waals surface area contributed by atoms with Gasteiger partial charge in [-0.25, -0.2) is 6.08 Å². The molecule has 1 rings (SSSR count). The first kappa shape index (κ1) is 8.93. The van der Waals surface area contributed by atoms with Crippen molar-refractivity contribution in [2.45, 2.75) is 6.42 Å². The molecule has 0 heterocycles. The Labute approximate surface area is 75.5 Å². The summed E-state index contributed by atoms with van der Waals surface area (Å²) in [5.74, 6) is -1.93. The van der Waals surface area contributed by atoms with E-state index in [-0.39, 0.29) is 37.5 Å². The van der Waals surface area contributed by atoms with Crippen LogP contribution in [0.4, 0.5) is 0 Å². The van der Waals surface area contributed by atoms with Gasteiger partial charge in [0.2, 0.25) is 0 Å². The number of hydrogen-bond donors (Lipinski definition) is 1. The van der Waals surface area contributed by atoms with Crippen molar-refractivity contribution in [1.29, 1.82) is 0 Å². The maximum absolute atomic E-state index is 10.2. The summed E-state index contributed by atoms with van der Waals surface area (Å²) in [5, 5.41) is 8.40. The van der Waals surface area contributed by atoms with E-state index in [2.05, 4.69) is 6.08 Å². The van der Waals surface area contributed by atoms with Crippen LogP contribution in [0.5, 0.6) is 0 Å². The molecule has 1 aliphatic rings. The summed E-state index contributed by atoms with van der Waals surface area (Å²) in [5.41, 5.74) is 0. The number of ketones is 2. The Balaban J connectivity index is 0.000000640. The number of Topliss-reactive ketones (excluding diaryl/α,β-unsaturated/α-hetero) is 2. The molecule has 0 spiro atoms. The molecule has 46 valence electrons. The second-order valence-corrected chi connectivity index (χ2v) is 1.45. The van der Waals surface area contributed by atoms with Gasteiger partial charge in [0, 0.05) is 31.1 Å². The van der Waals surface area contributed by atoms with Crippen LogP contribution in [-0.4, -0.2) is 16.7 Å². The normalized spacial score (nSPS) is 17.1. The molecule has 3 nitrogen and oxygen atoms in total. The molecule has 0 atom stereocenters. The summed E-state index contributed by atoms with van der Waals surface area (Å²) < 4.78 is 0. The molecule has 0 amide bonds. The summed E-state index contributed by atoms with van der Waals surface area (Å²) in [6.45, 7) is 0. The quantitative estimate of drug-likeness (QED) is 0.486. The number of aliphatic hydroxyl groups excluding tert-OH is 1. The summed E-state index contributed by atoms with van der Waals surface area (Å²) in [6, 6.07) is 0. The van der Waals surface area contributed by atoms with Crippen molar-refractivity contribution in [3.63, 3.8) is 0 Å². The van der Waals surface area contributed by atoms with Crippen molar-refractivity contribution in [1.82, 2.24) is 0 Å². The van der Waals surface area contributed by atoms with Crippen molar-refractivity contribution >= 4 is 11.6 Å². The monoisotopic (exact) mass is 349 g/mol. The average Bonchev–Trinajstić information content (AvgIpc) is 1.98. The zero-order valence-corrected chi connectivity index (χ0v) is 8.63. The van der Waals surface area contributed by atoms with Gasteiger partial charge in [-0.1, -0.05) is 6.42 Å². The average molecular weight is 349 g/mol. The molecule has 4 heteroatoms. The molecule has 9 heavy (non-hydrogen) atoms. The molecule has 0 radical (unpaired) electrons. The third-order valence-corrected chi connectivity index (χ3v) is 0.885. The molecule has 0 aromatic rings. The number of carbonyl (C=O) groups excluding carboxylic acids is 2. The van der Waals surface area contributed by atoms with Gasteiger partial charge in [-0.05, 0) is 5.76 Å². The third-order valence-electron chi connectivity index (χ3n) is 0.885. The van der Waals surface area contributed by atoms with Gasteiger partial charge >= 0.3 is 0 Å². The summed E-state index contributed by atoms with van der Waals surface area (Å²) in [4.78, 5) is 20.4. The zero-order valence-electron chi connectivity index (χ0n) is 4.47. The van der Waals surface area contributed by atoms with Crippen LogP contribution in [0.2, 0.25) is 0 Å². The number of aliphatic hydroxyl groups is 1. The Morgan fingerprint density at radius 3 is 2.11 bits per heavy atom. The van der Waals surface area contributed by atoms with Crippen LogP contribution >= 0.6 is 0 Å². The Kier molecular flexibility index (Phi) is 3.17. The standard InChI is InChI=1S/C5H3O3.U/c6-3-1-2-4(7)5(3)8;/h7H,1H2;/q-1;. The van der Waals surface area contributed by atoms with E-state index in [9.17, 15) is 9.59 Å². The summed E-state index contributed by atoms with van der Waals surface area (Å²) in [6.07, 6.45) is 2.13. The topological polar surface area (TPSA) is 54.4 Å². The van der Waals surface area contributed by atoms with Crippen LogP contribution in [0.25, 0.3) is 0 Å². The first-order valence-electron chi connectivity index (χ1n) is 2.09. The number of allylic oxidation sites excluding steroid dienone is 2. The van der Waals surface area contributed by atoms with Crippen molar-refractivity contribution in [3.05, 3.63) is 11.8 Å². The molecule has 0 aromatic carbocycles. The van der Waals surface area contributed by atoms with Crippen molar-refractivity contribution in [2.75, 3.05) is 0 Å². The first-order chi connectivity index (χ1) is 3.72. The smallest absolute Gasteiger partial charge is 0.111 e. The van der Waals surface area contributed by atoms with E-state index in [1.807, 2.05) is 0 Å². The molecule has 0 bridgehead atoms. The van der Waals surface area contributed by atoms with Gasteiger partial charge in [-0.2, -0.15) is 0 Å². The molecule has 0 fully saturated rings. The summed E-state index contributed by atoms with van der Waals surface area (Å²) >= 11 is 0. The fourth-order valence-corrected chi connectivity index (χ4v) is 0.457. The summed E-state index contributed by atoms with van der Waals surface area (Å²) in [7, 11) is 0. The predicted octanol–water partition coefficient (Wildman–Crippen LogP) is -0.227. The van der Waals surface area contributed by atoms with Crippen LogP contribution in [-0.2, 0) is 9.59 Å². The van der Waals surface area contributed by atoms with Crippen molar-refractivity contribution in [3.8, 4) is 0 Å². The van der Waals surface area contributed by atoms with Gasteiger partial charge < -0.3 is 14.7 Å². The fourth-order valence-electron chi connectivity index (χ4n) is 0.457. The molecular formula is C5H3O3U-. The molecular weight excluding hydrogens is 346 g/mol. The Morgan fingerprint density at radius 1 is 1.44 bits per heavy atom. The van der Waals surface area contributed by atoms with Gasteiger partial charge in [0.05, 0.1) is 0 Å². The van der Waals surface area contributed by atoms with Crippen LogP contribution < -0.4 is 0 Å². The first-order valence-corrected chi connectivity index (χ1v) is 2.09. The third kappa shape index (κ3) is 1.67. The molecule has 0 saturated carbocycles. The number of carbonyl (C=O) groups is 2. The van der Waals surface area contributed by atoms with Gasteiger partial charge in [0.15, 0.2) is 0 Å². The van der Waals surface area contributed by atoms with Crippen LogP contribution in [0, 0.1) is 37.2 Å². The largest absolute Gasteiger partial charge is 0.542 e. The molecule has 1 aliphatic carbocycles. The van der Waals surface area contributed by atoms with Crippen LogP contribution in [0.3, 0.4) is 0 Å². The molecule has 0 aliphatic heterocycles. The maximum Gasteiger partial charge on any atom is 0.111 e. The second-order valence-electron chi connectivity index (χ2n) is 1.45. The predicted molar refractivity (Wildman–Crippen MR) is 24.0 cm³/mol. The minimum Gasteiger partial charge on any atom is -0.542 e. The fraction of sp³-hybridized carbons (Fsp3) is 0.200. The minimum atomic E-state index is -0.815. The maximum atomic E-state index is 10.2. The van der Waals surface area contributed by atoms with Crippen LogP contribution in [0.15, 0.2) is 5.76 Å². The Bertz CT molecular complexity index is 183. The van der Waals surface area contributed by atoms with Crippen molar-refractivity contribution < 1.29 is 45.8 Å². The van der Waals surface area contributed by atoms with E-state index in [1.54, 1.807) is 0 Å². The second kappa shape index (κ2) is 3.19. The molecule has 0 aromatic heterocycles. The van der Waals surface area contributed by atoms with Gasteiger partial charge in [-0.3, -0.25) is 0 Å². The van der Waals surface area contributed by atoms with Gasteiger partial charge in [0.1, 0.15) is 11.6 Å². The van der Waals surface area contributed by atoms with E-state index in [0.717, 1.165) is 0 Å².